The van der Waals surface area contributed by atoms with Gasteiger partial charge in [0, 0.05) is 37.6 Å². The van der Waals surface area contributed by atoms with E-state index in [9.17, 15) is 0 Å². The zero-order chi connectivity index (χ0) is 14.7. The Morgan fingerprint density at radius 3 is 3.00 bits per heavy atom. The molecule has 0 radical (unpaired) electrons. The van der Waals surface area contributed by atoms with Gasteiger partial charge in [0.1, 0.15) is 5.82 Å². The number of hydrogen-bond donors (Lipinski definition) is 1. The van der Waals surface area contributed by atoms with Gasteiger partial charge in [-0.15, -0.1) is 0 Å². The van der Waals surface area contributed by atoms with Gasteiger partial charge in [-0.1, -0.05) is 6.07 Å². The zero-order valence-corrected chi connectivity index (χ0v) is 12.8. The summed E-state index contributed by atoms with van der Waals surface area (Å²) < 4.78 is 0. The third-order valence-corrected chi connectivity index (χ3v) is 4.33. The Morgan fingerprint density at radius 1 is 1.38 bits per heavy atom. The Balaban J connectivity index is 1.64. The molecule has 3 rings (SSSR count). The number of nitrogens with one attached hydrogen (secondary N) is 1. The minimum atomic E-state index is 0.553. The van der Waals surface area contributed by atoms with Crippen molar-refractivity contribution >= 4 is 5.82 Å². The predicted octanol–water partition coefficient (Wildman–Crippen LogP) is 2.21. The van der Waals surface area contributed by atoms with E-state index in [1.54, 1.807) is 6.33 Å². The van der Waals surface area contributed by atoms with Crippen LogP contribution in [0.1, 0.15) is 24.2 Å². The van der Waals surface area contributed by atoms with E-state index in [4.69, 9.17) is 0 Å². The normalized spacial score (nSPS) is 19.2. The van der Waals surface area contributed by atoms with Crippen LogP contribution in [0.5, 0.6) is 0 Å². The van der Waals surface area contributed by atoms with E-state index in [-0.39, 0.29) is 0 Å². The third kappa shape index (κ3) is 3.24. The number of imidazole rings is 1. The lowest BCUT2D eigenvalue weighted by molar-refractivity contribution is 0.205. The number of aryl methyl sites for hydroxylation is 1. The highest BCUT2D eigenvalue weighted by molar-refractivity contribution is 5.38. The monoisotopic (exact) mass is 285 g/mol. The minimum absolute atomic E-state index is 0.553. The van der Waals surface area contributed by atoms with Crippen LogP contribution in [-0.4, -0.2) is 46.0 Å². The first kappa shape index (κ1) is 14.1. The average molecular weight is 285 g/mol. The first-order valence-corrected chi connectivity index (χ1v) is 7.59. The summed E-state index contributed by atoms with van der Waals surface area (Å²) in [6, 6.07) is 6.68. The van der Waals surface area contributed by atoms with Crippen LogP contribution in [0, 0.1) is 6.92 Å². The standard InChI is InChI=1S/C16H23N5/c1-13-15(19-12-18-13)11-20(2)14-6-5-9-21(10-14)16-7-3-4-8-17-16/h3-4,7-8,12,14H,5-6,9-11H2,1-2H3,(H,18,19). The maximum absolute atomic E-state index is 4.48. The lowest BCUT2D eigenvalue weighted by Gasteiger charge is -2.38. The Bertz CT molecular complexity index is 565. The van der Waals surface area contributed by atoms with Crippen molar-refractivity contribution in [1.82, 2.24) is 19.9 Å². The van der Waals surface area contributed by atoms with E-state index in [2.05, 4.69) is 50.9 Å². The fraction of sp³-hybridized carbons (Fsp3) is 0.500. The Kier molecular flexibility index (Phi) is 4.20. The van der Waals surface area contributed by atoms with Crippen LogP contribution in [0.3, 0.4) is 0 Å². The summed E-state index contributed by atoms with van der Waals surface area (Å²) in [7, 11) is 2.20. The Hall–Kier alpha value is -1.88. The first-order valence-electron chi connectivity index (χ1n) is 7.59. The Labute approximate surface area is 126 Å². The number of rotatable bonds is 4. The van der Waals surface area contributed by atoms with Gasteiger partial charge < -0.3 is 9.88 Å². The number of aromatic nitrogens is 3. The van der Waals surface area contributed by atoms with Gasteiger partial charge in [0.2, 0.25) is 0 Å². The minimum Gasteiger partial charge on any atom is -0.355 e. The molecule has 112 valence electrons. The molecule has 1 fully saturated rings. The number of nitrogens with zero attached hydrogens (tertiary/aromatic N) is 4. The van der Waals surface area contributed by atoms with Crippen LogP contribution in [0.2, 0.25) is 0 Å². The predicted molar refractivity (Wildman–Crippen MR) is 84.3 cm³/mol. The first-order chi connectivity index (χ1) is 10.2. The number of pyridine rings is 1. The molecule has 3 heterocycles. The molecule has 1 aliphatic heterocycles. The summed E-state index contributed by atoms with van der Waals surface area (Å²) in [5.74, 6) is 1.09. The molecule has 1 saturated heterocycles. The molecule has 1 atom stereocenters. The number of likely N-dealkylation sites (N-methyl/N-ethyl adjacent to an activating group) is 1. The summed E-state index contributed by atoms with van der Waals surface area (Å²) in [5, 5.41) is 0. The fourth-order valence-electron chi connectivity index (χ4n) is 2.98. The van der Waals surface area contributed by atoms with Crippen LogP contribution >= 0.6 is 0 Å². The van der Waals surface area contributed by atoms with Crippen LogP contribution in [0.25, 0.3) is 0 Å². The van der Waals surface area contributed by atoms with E-state index >= 15 is 0 Å². The second-order valence-corrected chi connectivity index (χ2v) is 5.82. The van der Waals surface area contributed by atoms with Crippen molar-refractivity contribution in [3.63, 3.8) is 0 Å². The molecular weight excluding hydrogens is 262 g/mol. The largest absolute Gasteiger partial charge is 0.355 e. The smallest absolute Gasteiger partial charge is 0.128 e. The highest BCUT2D eigenvalue weighted by Gasteiger charge is 2.24. The topological polar surface area (TPSA) is 48.1 Å². The fourth-order valence-corrected chi connectivity index (χ4v) is 2.98. The van der Waals surface area contributed by atoms with Crippen LogP contribution in [0.4, 0.5) is 5.82 Å². The van der Waals surface area contributed by atoms with Crippen molar-refractivity contribution < 1.29 is 0 Å². The maximum Gasteiger partial charge on any atom is 0.128 e. The van der Waals surface area contributed by atoms with E-state index in [1.165, 1.54) is 18.5 Å². The van der Waals surface area contributed by atoms with Gasteiger partial charge >= 0.3 is 0 Å². The second-order valence-electron chi connectivity index (χ2n) is 5.82. The highest BCUT2D eigenvalue weighted by Crippen LogP contribution is 2.21. The van der Waals surface area contributed by atoms with Crippen molar-refractivity contribution in [2.75, 3.05) is 25.0 Å². The summed E-state index contributed by atoms with van der Waals surface area (Å²) in [5.41, 5.74) is 2.31. The number of anilines is 1. The molecule has 0 amide bonds. The van der Waals surface area contributed by atoms with E-state index < -0.39 is 0 Å². The van der Waals surface area contributed by atoms with Gasteiger partial charge in [-0.05, 0) is 38.9 Å². The highest BCUT2D eigenvalue weighted by atomic mass is 15.2. The number of aromatic amines is 1. The van der Waals surface area contributed by atoms with Crippen molar-refractivity contribution in [2.24, 2.45) is 0 Å². The van der Waals surface area contributed by atoms with Crippen molar-refractivity contribution in [3.8, 4) is 0 Å². The molecular formula is C16H23N5. The molecule has 2 aromatic rings. The third-order valence-electron chi connectivity index (χ3n) is 4.33. The van der Waals surface area contributed by atoms with Crippen LogP contribution < -0.4 is 4.90 Å². The number of piperidine rings is 1. The summed E-state index contributed by atoms with van der Waals surface area (Å²) in [6.07, 6.45) is 6.10. The van der Waals surface area contributed by atoms with Crippen molar-refractivity contribution in [3.05, 3.63) is 42.1 Å². The van der Waals surface area contributed by atoms with E-state index in [1.807, 2.05) is 12.3 Å². The molecule has 1 aliphatic rings. The molecule has 0 aromatic carbocycles. The van der Waals surface area contributed by atoms with Gasteiger partial charge in [0.15, 0.2) is 0 Å². The lowest BCUT2D eigenvalue weighted by atomic mass is 10.0. The van der Waals surface area contributed by atoms with Crippen LogP contribution in [0.15, 0.2) is 30.7 Å². The molecule has 0 bridgehead atoms. The molecule has 0 spiro atoms. The summed E-state index contributed by atoms with van der Waals surface area (Å²) in [4.78, 5) is 16.8. The Morgan fingerprint density at radius 2 is 2.29 bits per heavy atom. The second kappa shape index (κ2) is 6.26. The average Bonchev–Trinajstić information content (AvgIpc) is 2.93. The van der Waals surface area contributed by atoms with E-state index in [0.717, 1.165) is 31.1 Å². The van der Waals surface area contributed by atoms with E-state index in [0.29, 0.717) is 6.04 Å². The molecule has 1 N–H and O–H groups in total. The quantitative estimate of drug-likeness (QED) is 0.935. The molecule has 2 aromatic heterocycles. The SMILES string of the molecule is Cc1[nH]cnc1CN(C)C1CCCN(c2ccccn2)C1. The zero-order valence-electron chi connectivity index (χ0n) is 12.8. The van der Waals surface area contributed by atoms with Crippen molar-refractivity contribution in [2.45, 2.75) is 32.4 Å². The number of H-pyrrole nitrogens is 1. The van der Waals surface area contributed by atoms with Gasteiger partial charge in [-0.2, -0.15) is 0 Å². The van der Waals surface area contributed by atoms with Crippen molar-refractivity contribution in [1.29, 1.82) is 0 Å². The molecule has 0 saturated carbocycles. The van der Waals surface area contributed by atoms with Gasteiger partial charge in [-0.25, -0.2) is 9.97 Å². The van der Waals surface area contributed by atoms with Crippen LogP contribution in [-0.2, 0) is 6.54 Å². The number of hydrogen-bond acceptors (Lipinski definition) is 4. The molecule has 5 nitrogen and oxygen atoms in total. The maximum atomic E-state index is 4.48. The summed E-state index contributed by atoms with van der Waals surface area (Å²) in [6.45, 7) is 5.12. The molecule has 0 aliphatic carbocycles. The van der Waals surface area contributed by atoms with Gasteiger partial charge in [0.05, 0.1) is 12.0 Å². The lowest BCUT2D eigenvalue weighted by Crippen LogP contribution is -2.46. The molecule has 21 heavy (non-hydrogen) atoms. The summed E-state index contributed by atoms with van der Waals surface area (Å²) >= 11 is 0. The molecule has 5 heteroatoms. The van der Waals surface area contributed by atoms with Gasteiger partial charge in [-0.3, -0.25) is 4.90 Å². The van der Waals surface area contributed by atoms with Gasteiger partial charge in [0.25, 0.3) is 0 Å². The molecule has 1 unspecified atom stereocenters.